The lowest BCUT2D eigenvalue weighted by Crippen LogP contribution is -1.84. The third kappa shape index (κ3) is 33.1. The fourth-order valence-electron chi connectivity index (χ4n) is 0.139. The second-order valence-electron chi connectivity index (χ2n) is 1.31. The molecule has 0 aliphatic rings. The number of rotatable bonds is 2. The Morgan fingerprint density at radius 1 is 0.923 bits per heavy atom. The van der Waals surface area contributed by atoms with Crippen molar-refractivity contribution in [2.45, 2.75) is 0 Å². The normalized spacial score (nSPS) is 11.6. The first-order chi connectivity index (χ1) is 5.44. The van der Waals surface area contributed by atoms with Crippen LogP contribution in [0.5, 0.6) is 0 Å². The van der Waals surface area contributed by atoms with E-state index in [2.05, 4.69) is 4.31 Å². The summed E-state index contributed by atoms with van der Waals surface area (Å²) < 4.78 is 51.2. The van der Waals surface area contributed by atoms with Gasteiger partial charge in [-0.1, -0.05) is 0 Å². The number of hydrogen-bond donors (Lipinski definition) is 4. The lowest BCUT2D eigenvalue weighted by atomic mass is 10.5. The number of hydrogen-bond acceptors (Lipinski definition) is 3. The molecular formula is H4BF3O7P2. The van der Waals surface area contributed by atoms with Gasteiger partial charge in [-0.05, 0) is 0 Å². The molecule has 0 aromatic rings. The first-order valence-corrected chi connectivity index (χ1v) is 5.25. The highest BCUT2D eigenvalue weighted by atomic mass is 31.3. The average molecular weight is 246 g/mol. The van der Waals surface area contributed by atoms with Crippen molar-refractivity contribution in [3.8, 4) is 0 Å². The topological polar surface area (TPSA) is 124 Å². The molecule has 4 N–H and O–H groups in total. The van der Waals surface area contributed by atoms with Crippen LogP contribution >= 0.6 is 15.6 Å². The Balaban J connectivity index is 0. The quantitative estimate of drug-likeness (QED) is 0.401. The first kappa shape index (κ1) is 15.6. The van der Waals surface area contributed by atoms with Gasteiger partial charge in [0.2, 0.25) is 0 Å². The van der Waals surface area contributed by atoms with E-state index >= 15 is 0 Å². The fourth-order valence-corrected chi connectivity index (χ4v) is 1.25. The lowest BCUT2D eigenvalue weighted by Gasteiger charge is -2.03. The van der Waals surface area contributed by atoms with Crippen LogP contribution in [0.1, 0.15) is 0 Å². The molecule has 0 bridgehead atoms. The van der Waals surface area contributed by atoms with Gasteiger partial charge in [0, 0.05) is 0 Å². The van der Waals surface area contributed by atoms with Crippen LogP contribution in [0.25, 0.3) is 0 Å². The molecular weight excluding hydrogens is 242 g/mol. The van der Waals surface area contributed by atoms with Gasteiger partial charge in [0.05, 0.1) is 0 Å². The zero-order valence-corrected chi connectivity index (χ0v) is 7.41. The monoisotopic (exact) mass is 246 g/mol. The summed E-state index contributed by atoms with van der Waals surface area (Å²) in [6, 6.07) is 0. The van der Waals surface area contributed by atoms with Gasteiger partial charge in [-0.15, -0.1) is 0 Å². The molecule has 0 rings (SSSR count). The van der Waals surface area contributed by atoms with Gasteiger partial charge in [0.25, 0.3) is 0 Å². The van der Waals surface area contributed by atoms with Crippen LogP contribution in [0.4, 0.5) is 12.9 Å². The minimum atomic E-state index is -5.05. The van der Waals surface area contributed by atoms with Crippen LogP contribution in [0.15, 0.2) is 0 Å². The molecule has 0 aliphatic heterocycles. The number of halogens is 3. The van der Waals surface area contributed by atoms with Crippen molar-refractivity contribution in [2.24, 2.45) is 0 Å². The van der Waals surface area contributed by atoms with Crippen molar-refractivity contribution < 1.29 is 46.0 Å². The summed E-state index contributed by atoms with van der Waals surface area (Å²) in [5, 5.41) is 0. The highest BCUT2D eigenvalue weighted by Gasteiger charge is 2.27. The maximum absolute atomic E-state index is 9.67. The second kappa shape index (κ2) is 5.76. The van der Waals surface area contributed by atoms with Crippen molar-refractivity contribution in [3.63, 3.8) is 0 Å². The molecule has 13 heteroatoms. The molecule has 80 valence electrons. The molecule has 0 saturated heterocycles. The van der Waals surface area contributed by atoms with E-state index in [4.69, 9.17) is 19.6 Å². The van der Waals surface area contributed by atoms with E-state index in [-0.39, 0.29) is 0 Å². The van der Waals surface area contributed by atoms with Crippen molar-refractivity contribution in [1.29, 1.82) is 0 Å². The third-order valence-corrected chi connectivity index (χ3v) is 1.91. The second-order valence-corrected chi connectivity index (χ2v) is 3.93. The van der Waals surface area contributed by atoms with Gasteiger partial charge in [-0.25, -0.2) is 9.13 Å². The summed E-state index contributed by atoms with van der Waals surface area (Å²) in [6.07, 6.45) is 0. The van der Waals surface area contributed by atoms with Crippen LogP contribution in [0, 0.1) is 0 Å². The molecule has 0 unspecified atom stereocenters. The van der Waals surface area contributed by atoms with Crippen molar-refractivity contribution in [1.82, 2.24) is 0 Å². The minimum Gasteiger partial charge on any atom is -0.302 e. The van der Waals surface area contributed by atoms with Gasteiger partial charge < -0.3 is 19.6 Å². The van der Waals surface area contributed by atoms with Crippen LogP contribution in [-0.4, -0.2) is 27.1 Å². The van der Waals surface area contributed by atoms with Gasteiger partial charge in [-0.3, -0.25) is 12.9 Å². The van der Waals surface area contributed by atoms with Crippen LogP contribution in [0.3, 0.4) is 0 Å². The standard InChI is InChI=1S/BF3.H4O7P2/c2-1(3)4;1-8(2,3)7-9(4,5)6/h;(H2,1,2,3)(H2,4,5,6). The Morgan fingerprint density at radius 3 is 1.08 bits per heavy atom. The molecule has 0 aromatic heterocycles. The molecule has 0 aromatic carbocycles. The zero-order valence-electron chi connectivity index (χ0n) is 5.62. The van der Waals surface area contributed by atoms with Gasteiger partial charge in [0.15, 0.2) is 0 Å². The Kier molecular flexibility index (Phi) is 6.91. The van der Waals surface area contributed by atoms with E-state index in [1.807, 2.05) is 0 Å². The summed E-state index contributed by atoms with van der Waals surface area (Å²) in [5.41, 5.74) is 0. The van der Waals surface area contributed by atoms with Crippen LogP contribution < -0.4 is 0 Å². The molecule has 0 radical (unpaired) electrons. The smallest absolute Gasteiger partial charge is 0.302 e. The SMILES string of the molecule is FB(F)F.O=P(O)(O)OP(=O)(O)O. The molecule has 0 spiro atoms. The van der Waals surface area contributed by atoms with E-state index in [0.717, 1.165) is 0 Å². The Bertz CT molecular complexity index is 193. The molecule has 0 fully saturated rings. The maximum atomic E-state index is 9.67. The van der Waals surface area contributed by atoms with E-state index < -0.39 is 23.2 Å². The minimum absolute atomic E-state index is 2.96. The molecule has 0 saturated carbocycles. The maximum Gasteiger partial charge on any atom is 0.762 e. The van der Waals surface area contributed by atoms with E-state index in [1.165, 1.54) is 0 Å². The number of phosphoric acid groups is 2. The first-order valence-electron chi connectivity index (χ1n) is 2.18. The highest BCUT2D eigenvalue weighted by Crippen LogP contribution is 2.53. The van der Waals surface area contributed by atoms with Crippen LogP contribution in [0.2, 0.25) is 0 Å². The fraction of sp³-hybridized carbons (Fsp3) is 0. The largest absolute Gasteiger partial charge is 0.762 e. The average Bonchev–Trinajstić information content (AvgIpc) is 1.47. The predicted octanol–water partition coefficient (Wildman–Crippen LogP) is 0.0682. The predicted molar refractivity (Wildman–Crippen MR) is 34.3 cm³/mol. The molecule has 0 heterocycles. The molecule has 0 aliphatic carbocycles. The van der Waals surface area contributed by atoms with Gasteiger partial charge in [0.1, 0.15) is 0 Å². The Labute approximate surface area is 70.2 Å². The zero-order chi connectivity index (χ0) is 11.3. The van der Waals surface area contributed by atoms with Crippen molar-refractivity contribution in [2.75, 3.05) is 0 Å². The molecule has 13 heavy (non-hydrogen) atoms. The summed E-state index contributed by atoms with van der Waals surface area (Å²) in [6.45, 7) is 0. The van der Waals surface area contributed by atoms with Crippen molar-refractivity contribution in [3.05, 3.63) is 0 Å². The molecule has 0 atom stereocenters. The summed E-state index contributed by atoms with van der Waals surface area (Å²) in [4.78, 5) is 31.0. The molecule has 7 nitrogen and oxygen atoms in total. The third-order valence-electron chi connectivity index (χ3n) is 0.213. The highest BCUT2D eigenvalue weighted by molar-refractivity contribution is 7.60. The summed E-state index contributed by atoms with van der Waals surface area (Å²) in [5.74, 6) is 0. The Hall–Kier alpha value is 0.115. The lowest BCUT2D eigenvalue weighted by molar-refractivity contribution is 0.225. The van der Waals surface area contributed by atoms with E-state index in [1.54, 1.807) is 0 Å². The molecule has 0 amide bonds. The van der Waals surface area contributed by atoms with E-state index in [0.29, 0.717) is 0 Å². The summed E-state index contributed by atoms with van der Waals surface area (Å²) >= 11 is 0. The summed E-state index contributed by atoms with van der Waals surface area (Å²) in [7, 11) is -13.8. The van der Waals surface area contributed by atoms with Crippen LogP contribution in [-0.2, 0) is 13.4 Å². The Morgan fingerprint density at radius 2 is 1.08 bits per heavy atom. The van der Waals surface area contributed by atoms with Crippen molar-refractivity contribution >= 4 is 23.2 Å². The van der Waals surface area contributed by atoms with Gasteiger partial charge >= 0.3 is 23.2 Å². The van der Waals surface area contributed by atoms with Gasteiger partial charge in [-0.2, -0.15) is 4.31 Å². The van der Waals surface area contributed by atoms with E-state index in [9.17, 15) is 22.1 Å².